The number of nitrogens with zero attached hydrogens (tertiary/aromatic N) is 2. The van der Waals surface area contributed by atoms with E-state index in [1.165, 1.54) is 10.6 Å². The molecule has 0 bridgehead atoms. The van der Waals surface area contributed by atoms with Gasteiger partial charge in [-0.15, -0.1) is 11.3 Å². The lowest BCUT2D eigenvalue weighted by Gasteiger charge is -2.34. The molecule has 1 aliphatic heterocycles. The van der Waals surface area contributed by atoms with E-state index in [0.717, 1.165) is 50.6 Å². The summed E-state index contributed by atoms with van der Waals surface area (Å²) in [4.78, 5) is 8.55. The summed E-state index contributed by atoms with van der Waals surface area (Å²) in [7, 11) is 0. The highest BCUT2D eigenvalue weighted by atomic mass is 32.1. The lowest BCUT2D eigenvalue weighted by atomic mass is 10.0. The van der Waals surface area contributed by atoms with Crippen molar-refractivity contribution in [3.63, 3.8) is 0 Å². The molecule has 3 aromatic rings. The summed E-state index contributed by atoms with van der Waals surface area (Å²) in [5, 5.41) is 9.24. The van der Waals surface area contributed by atoms with Gasteiger partial charge in [-0.2, -0.15) is 0 Å². The summed E-state index contributed by atoms with van der Waals surface area (Å²) in [5.41, 5.74) is 1.31. The molecule has 1 fully saturated rings. The van der Waals surface area contributed by atoms with Crippen molar-refractivity contribution in [3.05, 3.63) is 76.9 Å². The SMILES string of the molecule is c1ccc(N2CCC(NC(=NCc3cccs3)NCCc3ccco3)CC2)cc1. The average molecular weight is 409 g/mol. The number of rotatable bonds is 7. The van der Waals surface area contributed by atoms with Crippen molar-refractivity contribution in [2.75, 3.05) is 24.5 Å². The van der Waals surface area contributed by atoms with Crippen molar-refractivity contribution < 1.29 is 4.42 Å². The van der Waals surface area contributed by atoms with Gasteiger partial charge in [-0.3, -0.25) is 0 Å². The first-order valence-electron chi connectivity index (χ1n) is 10.3. The maximum Gasteiger partial charge on any atom is 0.191 e. The summed E-state index contributed by atoms with van der Waals surface area (Å²) in [6.07, 6.45) is 4.78. The minimum atomic E-state index is 0.438. The Bertz CT molecular complexity index is 854. The Balaban J connectivity index is 1.31. The number of piperidine rings is 1. The smallest absolute Gasteiger partial charge is 0.191 e. The zero-order chi connectivity index (χ0) is 19.7. The molecule has 1 aliphatic rings. The third kappa shape index (κ3) is 5.87. The van der Waals surface area contributed by atoms with Crippen molar-refractivity contribution in [1.82, 2.24) is 10.6 Å². The van der Waals surface area contributed by atoms with Crippen LogP contribution in [0.25, 0.3) is 0 Å². The first-order valence-corrected chi connectivity index (χ1v) is 11.1. The second-order valence-corrected chi connectivity index (χ2v) is 8.27. The van der Waals surface area contributed by atoms with E-state index >= 15 is 0 Å². The summed E-state index contributed by atoms with van der Waals surface area (Å²) in [5.74, 6) is 1.88. The Morgan fingerprint density at radius 3 is 2.66 bits per heavy atom. The van der Waals surface area contributed by atoms with Crippen LogP contribution in [0.3, 0.4) is 0 Å². The molecule has 1 saturated heterocycles. The Morgan fingerprint density at radius 1 is 1.07 bits per heavy atom. The zero-order valence-electron chi connectivity index (χ0n) is 16.6. The maximum atomic E-state index is 5.43. The van der Waals surface area contributed by atoms with Crippen LogP contribution in [0.4, 0.5) is 5.69 Å². The Morgan fingerprint density at radius 2 is 1.93 bits per heavy atom. The van der Waals surface area contributed by atoms with Crippen LogP contribution in [0.15, 0.2) is 75.7 Å². The molecule has 6 heteroatoms. The summed E-state index contributed by atoms with van der Waals surface area (Å²) in [6, 6.07) is 19.3. The molecular weight excluding hydrogens is 380 g/mol. The number of guanidine groups is 1. The standard InChI is InChI=1S/C23H28N4OS/c1-2-6-20(7-3-1)27-14-11-19(12-15-27)26-23(25-18-22-9-5-17-29-22)24-13-10-21-8-4-16-28-21/h1-9,16-17,19H,10-15,18H2,(H2,24,25,26). The first-order chi connectivity index (χ1) is 14.4. The summed E-state index contributed by atoms with van der Waals surface area (Å²) < 4.78 is 5.43. The molecule has 0 amide bonds. The second kappa shape index (κ2) is 10.2. The minimum absolute atomic E-state index is 0.438. The van der Waals surface area contributed by atoms with Gasteiger partial charge in [-0.05, 0) is 48.6 Å². The normalized spacial score (nSPS) is 15.4. The van der Waals surface area contributed by atoms with E-state index in [1.54, 1.807) is 17.6 Å². The molecule has 2 aromatic heterocycles. The van der Waals surface area contributed by atoms with E-state index in [9.17, 15) is 0 Å². The number of nitrogens with one attached hydrogen (secondary N) is 2. The fourth-order valence-corrected chi connectivity index (χ4v) is 4.21. The third-order valence-corrected chi connectivity index (χ3v) is 6.04. The molecular formula is C23H28N4OS. The van der Waals surface area contributed by atoms with Gasteiger partial charge >= 0.3 is 0 Å². The average Bonchev–Trinajstić information content (AvgIpc) is 3.47. The number of thiophene rings is 1. The lowest BCUT2D eigenvalue weighted by molar-refractivity contribution is 0.460. The number of hydrogen-bond donors (Lipinski definition) is 2. The van der Waals surface area contributed by atoms with E-state index in [0.29, 0.717) is 12.6 Å². The van der Waals surface area contributed by atoms with Gasteiger partial charge in [0.1, 0.15) is 5.76 Å². The van der Waals surface area contributed by atoms with Crippen LogP contribution < -0.4 is 15.5 Å². The van der Waals surface area contributed by atoms with Gasteiger partial charge in [-0.25, -0.2) is 4.99 Å². The molecule has 152 valence electrons. The number of anilines is 1. The molecule has 0 atom stereocenters. The quantitative estimate of drug-likeness (QED) is 0.452. The molecule has 0 saturated carbocycles. The number of furan rings is 1. The van der Waals surface area contributed by atoms with Gasteiger partial charge in [0.2, 0.25) is 0 Å². The van der Waals surface area contributed by atoms with E-state index < -0.39 is 0 Å². The van der Waals surface area contributed by atoms with Crippen LogP contribution in [0.2, 0.25) is 0 Å². The van der Waals surface area contributed by atoms with Crippen molar-refractivity contribution in [2.24, 2.45) is 4.99 Å². The maximum absolute atomic E-state index is 5.43. The summed E-state index contributed by atoms with van der Waals surface area (Å²) in [6.45, 7) is 3.63. The molecule has 0 radical (unpaired) electrons. The molecule has 4 rings (SSSR count). The molecule has 0 aliphatic carbocycles. The summed E-state index contributed by atoms with van der Waals surface area (Å²) >= 11 is 1.75. The zero-order valence-corrected chi connectivity index (χ0v) is 17.4. The number of hydrogen-bond acceptors (Lipinski definition) is 4. The molecule has 0 unspecified atom stereocenters. The van der Waals surface area contributed by atoms with Gasteiger partial charge in [0.05, 0.1) is 12.8 Å². The van der Waals surface area contributed by atoms with Crippen LogP contribution in [-0.2, 0) is 13.0 Å². The number of aliphatic imine (C=N–C) groups is 1. The van der Waals surface area contributed by atoms with Gasteiger partial charge in [0.25, 0.3) is 0 Å². The van der Waals surface area contributed by atoms with Gasteiger partial charge < -0.3 is 20.0 Å². The fourth-order valence-electron chi connectivity index (χ4n) is 3.59. The Labute approximate surface area is 176 Å². The lowest BCUT2D eigenvalue weighted by Crippen LogP contribution is -2.49. The van der Waals surface area contributed by atoms with Crippen LogP contribution in [-0.4, -0.2) is 31.6 Å². The van der Waals surface area contributed by atoms with Crippen molar-refractivity contribution >= 4 is 23.0 Å². The molecule has 1 aromatic carbocycles. The number of benzene rings is 1. The molecule has 0 spiro atoms. The predicted octanol–water partition coefficient (Wildman–Crippen LogP) is 4.29. The molecule has 29 heavy (non-hydrogen) atoms. The highest BCUT2D eigenvalue weighted by Gasteiger charge is 2.20. The third-order valence-electron chi connectivity index (χ3n) is 5.17. The molecule has 2 N–H and O–H groups in total. The van der Waals surface area contributed by atoms with E-state index in [2.05, 4.69) is 63.4 Å². The van der Waals surface area contributed by atoms with Crippen molar-refractivity contribution in [3.8, 4) is 0 Å². The van der Waals surface area contributed by atoms with Crippen LogP contribution >= 0.6 is 11.3 Å². The predicted molar refractivity (Wildman–Crippen MR) is 121 cm³/mol. The fraction of sp³-hybridized carbons (Fsp3) is 0.348. The van der Waals surface area contributed by atoms with Crippen LogP contribution in [0.5, 0.6) is 0 Å². The highest BCUT2D eigenvalue weighted by Crippen LogP contribution is 2.19. The van der Waals surface area contributed by atoms with E-state index in [-0.39, 0.29) is 0 Å². The largest absolute Gasteiger partial charge is 0.469 e. The highest BCUT2D eigenvalue weighted by molar-refractivity contribution is 7.09. The van der Waals surface area contributed by atoms with E-state index in [1.807, 2.05) is 12.1 Å². The van der Waals surface area contributed by atoms with Crippen molar-refractivity contribution in [1.29, 1.82) is 0 Å². The monoisotopic (exact) mass is 408 g/mol. The van der Waals surface area contributed by atoms with Gasteiger partial charge in [0, 0.05) is 42.7 Å². The van der Waals surface area contributed by atoms with Crippen molar-refractivity contribution in [2.45, 2.75) is 31.8 Å². The topological polar surface area (TPSA) is 52.8 Å². The van der Waals surface area contributed by atoms with E-state index in [4.69, 9.17) is 9.41 Å². The van der Waals surface area contributed by atoms with Crippen LogP contribution in [0, 0.1) is 0 Å². The van der Waals surface area contributed by atoms with Gasteiger partial charge in [-0.1, -0.05) is 24.3 Å². The second-order valence-electron chi connectivity index (χ2n) is 7.24. The molecule has 5 nitrogen and oxygen atoms in total. The Kier molecular flexibility index (Phi) is 6.86. The Hall–Kier alpha value is -2.73. The van der Waals surface area contributed by atoms with Crippen LogP contribution in [0.1, 0.15) is 23.5 Å². The minimum Gasteiger partial charge on any atom is -0.469 e. The number of para-hydroxylation sites is 1. The van der Waals surface area contributed by atoms with Gasteiger partial charge in [0.15, 0.2) is 5.96 Å². The first kappa shape index (κ1) is 19.6. The molecule has 3 heterocycles.